The summed E-state index contributed by atoms with van der Waals surface area (Å²) in [6, 6.07) is 12.0. The van der Waals surface area contributed by atoms with E-state index in [1.165, 1.54) is 11.1 Å². The molecule has 5 nitrogen and oxygen atoms in total. The van der Waals surface area contributed by atoms with Crippen molar-refractivity contribution >= 4 is 17.5 Å². The van der Waals surface area contributed by atoms with Crippen LogP contribution in [-0.2, 0) is 6.54 Å². The van der Waals surface area contributed by atoms with Crippen LogP contribution < -0.4 is 9.47 Å². The van der Waals surface area contributed by atoms with Gasteiger partial charge in [-0.1, -0.05) is 41.4 Å². The summed E-state index contributed by atoms with van der Waals surface area (Å²) in [6.07, 6.45) is 0.954. The summed E-state index contributed by atoms with van der Waals surface area (Å²) in [7, 11) is 0. The van der Waals surface area contributed by atoms with Crippen LogP contribution in [0.25, 0.3) is 0 Å². The molecule has 0 N–H and O–H groups in total. The predicted molar refractivity (Wildman–Crippen MR) is 105 cm³/mol. The smallest absolute Gasteiger partial charge is 0.254 e. The molecule has 0 spiro atoms. The number of ether oxygens (including phenoxy) is 2. The topological polar surface area (TPSA) is 42.0 Å². The zero-order chi connectivity index (χ0) is 18.8. The molecule has 1 saturated heterocycles. The molecule has 2 aliphatic heterocycles. The Bertz CT molecular complexity index is 838. The maximum atomic E-state index is 13.0. The number of nitrogens with zero attached hydrogens (tertiary/aromatic N) is 2. The summed E-state index contributed by atoms with van der Waals surface area (Å²) in [4.78, 5) is 17.3. The number of halogens is 1. The van der Waals surface area contributed by atoms with Crippen LogP contribution in [-0.4, -0.2) is 48.7 Å². The number of benzene rings is 2. The molecule has 0 aliphatic carbocycles. The zero-order valence-corrected chi connectivity index (χ0v) is 16.2. The van der Waals surface area contributed by atoms with Crippen molar-refractivity contribution < 1.29 is 14.3 Å². The number of hydrogen-bond donors (Lipinski definition) is 0. The Morgan fingerprint density at radius 2 is 1.89 bits per heavy atom. The first-order valence-corrected chi connectivity index (χ1v) is 9.64. The molecule has 1 amide bonds. The van der Waals surface area contributed by atoms with Gasteiger partial charge in [0.25, 0.3) is 5.91 Å². The SMILES string of the molecule is Cc1ccc(CN2CCCN(C(=O)c3cc(Cl)c4c(c3)OCO4)CC2)cc1. The maximum absolute atomic E-state index is 13.0. The Labute approximate surface area is 164 Å². The highest BCUT2D eigenvalue weighted by molar-refractivity contribution is 6.32. The number of rotatable bonds is 3. The summed E-state index contributed by atoms with van der Waals surface area (Å²) in [5.41, 5.74) is 3.13. The van der Waals surface area contributed by atoms with Crippen LogP contribution in [0.5, 0.6) is 11.5 Å². The van der Waals surface area contributed by atoms with E-state index in [1.807, 2.05) is 4.90 Å². The molecular weight excluding hydrogens is 364 g/mol. The minimum absolute atomic E-state index is 0.00705. The monoisotopic (exact) mass is 386 g/mol. The molecule has 27 heavy (non-hydrogen) atoms. The molecule has 2 aromatic rings. The molecular formula is C21H23ClN2O3. The largest absolute Gasteiger partial charge is 0.454 e. The van der Waals surface area contributed by atoms with Gasteiger partial charge in [-0.3, -0.25) is 9.69 Å². The highest BCUT2D eigenvalue weighted by Crippen LogP contribution is 2.40. The second kappa shape index (κ2) is 7.79. The minimum Gasteiger partial charge on any atom is -0.454 e. The summed E-state index contributed by atoms with van der Waals surface area (Å²) in [5.74, 6) is 1.06. The van der Waals surface area contributed by atoms with E-state index in [0.29, 0.717) is 28.6 Å². The van der Waals surface area contributed by atoms with E-state index in [1.54, 1.807) is 12.1 Å². The van der Waals surface area contributed by atoms with Crippen LogP contribution in [0.1, 0.15) is 27.9 Å². The van der Waals surface area contributed by atoms with Gasteiger partial charge in [0.05, 0.1) is 5.02 Å². The van der Waals surface area contributed by atoms with Gasteiger partial charge in [-0.15, -0.1) is 0 Å². The molecule has 2 aromatic carbocycles. The van der Waals surface area contributed by atoms with Crippen molar-refractivity contribution in [1.29, 1.82) is 0 Å². The van der Waals surface area contributed by atoms with Crippen LogP contribution in [0.2, 0.25) is 5.02 Å². The lowest BCUT2D eigenvalue weighted by Crippen LogP contribution is -2.35. The first kappa shape index (κ1) is 18.1. The lowest BCUT2D eigenvalue weighted by atomic mass is 10.1. The molecule has 0 bridgehead atoms. The van der Waals surface area contributed by atoms with Crippen LogP contribution in [0.3, 0.4) is 0 Å². The van der Waals surface area contributed by atoms with Crippen molar-refractivity contribution in [1.82, 2.24) is 9.80 Å². The molecule has 0 aromatic heterocycles. The predicted octanol–water partition coefficient (Wildman–Crippen LogP) is 3.73. The molecule has 2 aliphatic rings. The van der Waals surface area contributed by atoms with Crippen LogP contribution in [0.4, 0.5) is 0 Å². The van der Waals surface area contributed by atoms with Crippen molar-refractivity contribution in [2.75, 3.05) is 33.0 Å². The van der Waals surface area contributed by atoms with Crippen molar-refractivity contribution in [3.8, 4) is 11.5 Å². The fourth-order valence-corrected chi connectivity index (χ4v) is 3.82. The van der Waals surface area contributed by atoms with E-state index < -0.39 is 0 Å². The lowest BCUT2D eigenvalue weighted by Gasteiger charge is -2.22. The summed E-state index contributed by atoms with van der Waals surface area (Å²) in [6.45, 7) is 6.45. The lowest BCUT2D eigenvalue weighted by molar-refractivity contribution is 0.0760. The number of hydrogen-bond acceptors (Lipinski definition) is 4. The van der Waals surface area contributed by atoms with E-state index in [-0.39, 0.29) is 12.7 Å². The molecule has 0 unspecified atom stereocenters. The Balaban J connectivity index is 1.41. The third-order valence-electron chi connectivity index (χ3n) is 5.08. The quantitative estimate of drug-likeness (QED) is 0.806. The molecule has 6 heteroatoms. The van der Waals surface area contributed by atoms with E-state index >= 15 is 0 Å². The van der Waals surface area contributed by atoms with Gasteiger partial charge in [0, 0.05) is 38.3 Å². The van der Waals surface area contributed by atoms with Gasteiger partial charge in [0.15, 0.2) is 11.5 Å². The second-order valence-corrected chi connectivity index (χ2v) is 7.51. The van der Waals surface area contributed by atoms with E-state index in [4.69, 9.17) is 21.1 Å². The number of carbonyl (C=O) groups is 1. The average molecular weight is 387 g/mol. The van der Waals surface area contributed by atoms with Gasteiger partial charge in [-0.25, -0.2) is 0 Å². The van der Waals surface area contributed by atoms with Crippen LogP contribution in [0.15, 0.2) is 36.4 Å². The fourth-order valence-electron chi connectivity index (χ4n) is 3.56. The van der Waals surface area contributed by atoms with Gasteiger partial charge in [0.1, 0.15) is 0 Å². The average Bonchev–Trinajstić information content (AvgIpc) is 3.03. The first-order chi connectivity index (χ1) is 13.1. The summed E-state index contributed by atoms with van der Waals surface area (Å²) < 4.78 is 10.7. The summed E-state index contributed by atoms with van der Waals surface area (Å²) in [5, 5.41) is 0.421. The van der Waals surface area contributed by atoms with Crippen molar-refractivity contribution in [3.63, 3.8) is 0 Å². The zero-order valence-electron chi connectivity index (χ0n) is 15.4. The number of fused-ring (bicyclic) bond motifs is 1. The molecule has 0 saturated carbocycles. The maximum Gasteiger partial charge on any atom is 0.254 e. The van der Waals surface area contributed by atoms with Crippen LogP contribution in [0, 0.1) is 6.92 Å². The number of carbonyl (C=O) groups excluding carboxylic acids is 1. The van der Waals surface area contributed by atoms with Crippen molar-refractivity contribution in [3.05, 3.63) is 58.1 Å². The van der Waals surface area contributed by atoms with E-state index in [9.17, 15) is 4.79 Å². The Morgan fingerprint density at radius 3 is 2.70 bits per heavy atom. The van der Waals surface area contributed by atoms with Gasteiger partial charge in [-0.2, -0.15) is 0 Å². The highest BCUT2D eigenvalue weighted by Gasteiger charge is 2.25. The van der Waals surface area contributed by atoms with Gasteiger partial charge in [0.2, 0.25) is 6.79 Å². The molecule has 2 heterocycles. The molecule has 1 fully saturated rings. The van der Waals surface area contributed by atoms with Gasteiger partial charge in [-0.05, 0) is 31.0 Å². The standard InChI is InChI=1S/C21H23ClN2O3/c1-15-3-5-16(6-4-15)13-23-7-2-8-24(10-9-23)21(25)17-11-18(22)20-19(12-17)26-14-27-20/h3-6,11-12H,2,7-10,13-14H2,1H3. The normalized spacial score (nSPS) is 17.0. The van der Waals surface area contributed by atoms with E-state index in [2.05, 4.69) is 36.1 Å². The first-order valence-electron chi connectivity index (χ1n) is 9.26. The van der Waals surface area contributed by atoms with Crippen LogP contribution >= 0.6 is 11.6 Å². The molecule has 4 rings (SSSR count). The van der Waals surface area contributed by atoms with Gasteiger partial charge >= 0.3 is 0 Å². The molecule has 142 valence electrons. The molecule has 0 atom stereocenters. The highest BCUT2D eigenvalue weighted by atomic mass is 35.5. The van der Waals surface area contributed by atoms with Gasteiger partial charge < -0.3 is 14.4 Å². The summed E-state index contributed by atoms with van der Waals surface area (Å²) >= 11 is 6.23. The fraction of sp³-hybridized carbons (Fsp3) is 0.381. The Morgan fingerprint density at radius 1 is 1.07 bits per heavy atom. The van der Waals surface area contributed by atoms with E-state index in [0.717, 1.165) is 32.6 Å². The minimum atomic E-state index is -0.00705. The third-order valence-corrected chi connectivity index (χ3v) is 5.36. The third kappa shape index (κ3) is 4.04. The van der Waals surface area contributed by atoms with Crippen molar-refractivity contribution in [2.45, 2.75) is 19.9 Å². The second-order valence-electron chi connectivity index (χ2n) is 7.10. The number of aryl methyl sites for hydroxylation is 1. The Kier molecular flexibility index (Phi) is 5.23. The Hall–Kier alpha value is -2.24. The molecule has 0 radical (unpaired) electrons. The number of amides is 1. The van der Waals surface area contributed by atoms with Crippen molar-refractivity contribution in [2.24, 2.45) is 0 Å².